The van der Waals surface area contributed by atoms with E-state index >= 15 is 0 Å². The van der Waals surface area contributed by atoms with Gasteiger partial charge in [-0.2, -0.15) is 0 Å². The Bertz CT molecular complexity index is 855. The molecule has 1 unspecified atom stereocenters. The Morgan fingerprint density at radius 1 is 1.08 bits per heavy atom. The van der Waals surface area contributed by atoms with Crippen molar-refractivity contribution >= 4 is 16.7 Å². The SMILES string of the molecule is Cc1cccc(C(O)CNc2nc(C(F)F)nc3ccccc23)c1. The van der Waals surface area contributed by atoms with E-state index in [0.717, 1.165) is 11.1 Å². The van der Waals surface area contributed by atoms with Gasteiger partial charge in [0.15, 0.2) is 5.82 Å². The van der Waals surface area contributed by atoms with Gasteiger partial charge in [-0.25, -0.2) is 18.7 Å². The molecule has 0 amide bonds. The molecule has 2 N–H and O–H groups in total. The number of halogens is 2. The maximum Gasteiger partial charge on any atom is 0.297 e. The number of hydrogen-bond acceptors (Lipinski definition) is 4. The third-order valence-electron chi connectivity index (χ3n) is 3.71. The lowest BCUT2D eigenvalue weighted by molar-refractivity contribution is 0.141. The van der Waals surface area contributed by atoms with E-state index in [1.54, 1.807) is 24.3 Å². The molecule has 0 aliphatic rings. The normalized spacial score (nSPS) is 12.5. The first-order valence-electron chi connectivity index (χ1n) is 7.58. The number of nitrogens with zero attached hydrogens (tertiary/aromatic N) is 2. The maximum atomic E-state index is 13.0. The molecule has 24 heavy (non-hydrogen) atoms. The number of anilines is 1. The molecule has 3 aromatic rings. The summed E-state index contributed by atoms with van der Waals surface area (Å²) in [5.74, 6) is -0.233. The van der Waals surface area contributed by atoms with Gasteiger partial charge in [0, 0.05) is 11.9 Å². The first-order valence-corrected chi connectivity index (χ1v) is 7.58. The number of aromatic nitrogens is 2. The summed E-state index contributed by atoms with van der Waals surface area (Å²) in [7, 11) is 0. The lowest BCUT2D eigenvalue weighted by Crippen LogP contribution is -2.14. The molecule has 0 radical (unpaired) electrons. The number of aryl methyl sites for hydroxylation is 1. The van der Waals surface area contributed by atoms with Gasteiger partial charge in [-0.1, -0.05) is 42.0 Å². The molecule has 0 saturated heterocycles. The molecule has 0 aliphatic heterocycles. The second-order valence-corrected chi connectivity index (χ2v) is 5.56. The topological polar surface area (TPSA) is 58.0 Å². The van der Waals surface area contributed by atoms with Crippen LogP contribution in [0.4, 0.5) is 14.6 Å². The van der Waals surface area contributed by atoms with Crippen molar-refractivity contribution < 1.29 is 13.9 Å². The Morgan fingerprint density at radius 2 is 1.88 bits per heavy atom. The van der Waals surface area contributed by atoms with E-state index in [-0.39, 0.29) is 6.54 Å². The fraction of sp³-hybridized carbons (Fsp3) is 0.222. The van der Waals surface area contributed by atoms with Crippen molar-refractivity contribution in [2.24, 2.45) is 0 Å². The van der Waals surface area contributed by atoms with Gasteiger partial charge in [-0.05, 0) is 24.6 Å². The van der Waals surface area contributed by atoms with Crippen LogP contribution in [0, 0.1) is 6.92 Å². The standard InChI is InChI=1S/C18H17F2N3O/c1-11-5-4-6-12(9-11)15(24)10-21-17-13-7-2-3-8-14(13)22-18(23-17)16(19)20/h2-9,15-16,24H,10H2,1H3,(H,21,22,23). The molecule has 124 valence electrons. The van der Waals surface area contributed by atoms with Crippen LogP contribution in [-0.2, 0) is 0 Å². The lowest BCUT2D eigenvalue weighted by atomic mass is 10.1. The largest absolute Gasteiger partial charge is 0.387 e. The van der Waals surface area contributed by atoms with Crippen LogP contribution in [0.5, 0.6) is 0 Å². The second-order valence-electron chi connectivity index (χ2n) is 5.56. The van der Waals surface area contributed by atoms with Crippen molar-refractivity contribution in [1.82, 2.24) is 9.97 Å². The van der Waals surface area contributed by atoms with Gasteiger partial charge in [-0.3, -0.25) is 0 Å². The average Bonchev–Trinajstić information content (AvgIpc) is 2.59. The molecule has 1 aromatic heterocycles. The van der Waals surface area contributed by atoms with Crippen LogP contribution in [-0.4, -0.2) is 21.6 Å². The Hall–Kier alpha value is -2.60. The highest BCUT2D eigenvalue weighted by atomic mass is 19.3. The number of rotatable bonds is 5. The van der Waals surface area contributed by atoms with Crippen molar-refractivity contribution in [2.75, 3.05) is 11.9 Å². The third-order valence-corrected chi connectivity index (χ3v) is 3.71. The van der Waals surface area contributed by atoms with Gasteiger partial charge in [0.2, 0.25) is 0 Å². The second kappa shape index (κ2) is 6.88. The van der Waals surface area contributed by atoms with E-state index < -0.39 is 18.4 Å². The molecule has 3 rings (SSSR count). The number of benzene rings is 2. The first kappa shape index (κ1) is 16.3. The van der Waals surface area contributed by atoms with Crippen molar-refractivity contribution in [3.63, 3.8) is 0 Å². The Labute approximate surface area is 138 Å². The Morgan fingerprint density at radius 3 is 2.62 bits per heavy atom. The van der Waals surface area contributed by atoms with Crippen LogP contribution in [0.15, 0.2) is 48.5 Å². The van der Waals surface area contributed by atoms with Crippen molar-refractivity contribution in [3.8, 4) is 0 Å². The Kier molecular flexibility index (Phi) is 4.66. The number of para-hydroxylation sites is 1. The van der Waals surface area contributed by atoms with Crippen LogP contribution in [0.25, 0.3) is 10.9 Å². The first-order chi connectivity index (χ1) is 11.5. The van der Waals surface area contributed by atoms with Crippen molar-refractivity contribution in [1.29, 1.82) is 0 Å². The molecule has 0 saturated carbocycles. The summed E-state index contributed by atoms with van der Waals surface area (Å²) in [5.41, 5.74) is 2.24. The molecule has 6 heteroatoms. The lowest BCUT2D eigenvalue weighted by Gasteiger charge is -2.15. The molecule has 0 fully saturated rings. The van der Waals surface area contributed by atoms with Crippen molar-refractivity contribution in [3.05, 3.63) is 65.5 Å². The van der Waals surface area contributed by atoms with E-state index in [1.807, 2.05) is 31.2 Å². The summed E-state index contributed by atoms with van der Waals surface area (Å²) in [6, 6.07) is 14.4. The van der Waals surface area contributed by atoms with Gasteiger partial charge in [-0.15, -0.1) is 0 Å². The van der Waals surface area contributed by atoms with Crippen molar-refractivity contribution in [2.45, 2.75) is 19.5 Å². The summed E-state index contributed by atoms with van der Waals surface area (Å²) < 4.78 is 26.0. The molecule has 0 bridgehead atoms. The summed E-state index contributed by atoms with van der Waals surface area (Å²) in [5, 5.41) is 13.9. The third kappa shape index (κ3) is 3.49. The molecule has 4 nitrogen and oxygen atoms in total. The minimum atomic E-state index is -2.75. The van der Waals surface area contributed by atoms with Gasteiger partial charge in [0.05, 0.1) is 11.6 Å². The van der Waals surface area contributed by atoms with Crippen LogP contribution in [0.3, 0.4) is 0 Å². The van der Waals surface area contributed by atoms with E-state index in [4.69, 9.17) is 0 Å². The summed E-state index contributed by atoms with van der Waals surface area (Å²) in [6.07, 6.45) is -3.52. The molecule has 0 aliphatic carbocycles. The minimum absolute atomic E-state index is 0.160. The number of fused-ring (bicyclic) bond motifs is 1. The minimum Gasteiger partial charge on any atom is -0.387 e. The molecule has 2 aromatic carbocycles. The number of nitrogens with one attached hydrogen (secondary N) is 1. The van der Waals surface area contributed by atoms with Crippen LogP contribution >= 0.6 is 0 Å². The van der Waals surface area contributed by atoms with Crippen LogP contribution in [0.2, 0.25) is 0 Å². The molecule has 1 heterocycles. The number of alkyl halides is 2. The zero-order valence-corrected chi connectivity index (χ0v) is 13.1. The molecular weight excluding hydrogens is 312 g/mol. The molecule has 1 atom stereocenters. The highest BCUT2D eigenvalue weighted by Gasteiger charge is 2.16. The van der Waals surface area contributed by atoms with E-state index in [2.05, 4.69) is 15.3 Å². The predicted molar refractivity (Wildman–Crippen MR) is 89.1 cm³/mol. The monoisotopic (exact) mass is 329 g/mol. The van der Waals surface area contributed by atoms with E-state index in [1.165, 1.54) is 0 Å². The summed E-state index contributed by atoms with van der Waals surface area (Å²) >= 11 is 0. The van der Waals surface area contributed by atoms with Gasteiger partial charge < -0.3 is 10.4 Å². The number of aliphatic hydroxyl groups excluding tert-OH is 1. The summed E-state index contributed by atoms with van der Waals surface area (Å²) in [6.45, 7) is 2.10. The van der Waals surface area contributed by atoms with Gasteiger partial charge in [0.25, 0.3) is 6.43 Å². The van der Waals surface area contributed by atoms with Crippen LogP contribution < -0.4 is 5.32 Å². The van der Waals surface area contributed by atoms with Crippen LogP contribution in [0.1, 0.15) is 29.5 Å². The number of aliphatic hydroxyl groups is 1. The number of hydrogen-bond donors (Lipinski definition) is 2. The fourth-order valence-electron chi connectivity index (χ4n) is 2.52. The zero-order chi connectivity index (χ0) is 17.1. The van der Waals surface area contributed by atoms with E-state index in [9.17, 15) is 13.9 Å². The zero-order valence-electron chi connectivity index (χ0n) is 13.1. The maximum absolute atomic E-state index is 13.0. The molecule has 0 spiro atoms. The summed E-state index contributed by atoms with van der Waals surface area (Å²) in [4.78, 5) is 7.77. The highest BCUT2D eigenvalue weighted by molar-refractivity contribution is 5.89. The Balaban J connectivity index is 1.86. The smallest absolute Gasteiger partial charge is 0.297 e. The van der Waals surface area contributed by atoms with E-state index in [0.29, 0.717) is 16.7 Å². The fourth-order valence-corrected chi connectivity index (χ4v) is 2.52. The van der Waals surface area contributed by atoms with Gasteiger partial charge in [0.1, 0.15) is 5.82 Å². The quantitative estimate of drug-likeness (QED) is 0.742. The highest BCUT2D eigenvalue weighted by Crippen LogP contribution is 2.25. The average molecular weight is 329 g/mol. The predicted octanol–water partition coefficient (Wildman–Crippen LogP) is 4.02. The molecular formula is C18H17F2N3O. The van der Waals surface area contributed by atoms with Gasteiger partial charge >= 0.3 is 0 Å².